The van der Waals surface area contributed by atoms with Crippen molar-refractivity contribution in [1.82, 2.24) is 5.32 Å². The number of hydrogen-bond donors (Lipinski definition) is 1. The van der Waals surface area contributed by atoms with E-state index < -0.39 is 0 Å². The predicted octanol–water partition coefficient (Wildman–Crippen LogP) is 4.52. The van der Waals surface area contributed by atoms with Crippen molar-refractivity contribution in [2.24, 2.45) is 5.92 Å². The Morgan fingerprint density at radius 2 is 1.62 bits per heavy atom. The third kappa shape index (κ3) is 7.27. The summed E-state index contributed by atoms with van der Waals surface area (Å²) < 4.78 is 0. The van der Waals surface area contributed by atoms with Crippen molar-refractivity contribution in [2.75, 3.05) is 6.54 Å². The van der Waals surface area contributed by atoms with E-state index >= 15 is 0 Å². The first kappa shape index (κ1) is 14.0. The lowest BCUT2D eigenvalue weighted by molar-refractivity contribution is 0.369. The molecule has 0 aromatic rings. The van der Waals surface area contributed by atoms with Crippen molar-refractivity contribution >= 4 is 0 Å². The van der Waals surface area contributed by atoms with E-state index in [0.717, 1.165) is 12.0 Å². The van der Waals surface area contributed by atoms with Crippen LogP contribution in [0.5, 0.6) is 0 Å². The zero-order chi connectivity index (χ0) is 11.6. The maximum atomic E-state index is 3.72. The second kappa shape index (κ2) is 9.04. The molecular weight excluding hydrogens is 194 g/mol. The first-order valence-corrected chi connectivity index (χ1v) is 7.52. The van der Waals surface area contributed by atoms with Crippen molar-refractivity contribution in [3.8, 4) is 0 Å². The molecule has 0 radical (unpaired) electrons. The van der Waals surface area contributed by atoms with Gasteiger partial charge in [0.2, 0.25) is 0 Å². The molecular formula is C15H31N. The fraction of sp³-hybridized carbons (Fsp3) is 1.00. The second-order valence-corrected chi connectivity index (χ2v) is 5.89. The molecule has 0 saturated heterocycles. The van der Waals surface area contributed by atoms with Gasteiger partial charge < -0.3 is 5.32 Å². The summed E-state index contributed by atoms with van der Waals surface area (Å²) in [7, 11) is 0. The first-order chi connectivity index (χ1) is 7.79. The molecule has 0 aliphatic heterocycles. The summed E-state index contributed by atoms with van der Waals surface area (Å²) in [5.74, 6) is 0.889. The van der Waals surface area contributed by atoms with Crippen LogP contribution in [0.15, 0.2) is 0 Å². The van der Waals surface area contributed by atoms with Crippen molar-refractivity contribution < 1.29 is 0 Å². The molecule has 1 fully saturated rings. The number of rotatable bonds is 8. The van der Waals surface area contributed by atoms with Crippen LogP contribution in [0.1, 0.15) is 78.1 Å². The summed E-state index contributed by atoms with van der Waals surface area (Å²) >= 11 is 0. The van der Waals surface area contributed by atoms with Crippen LogP contribution in [0.4, 0.5) is 0 Å². The lowest BCUT2D eigenvalue weighted by Crippen LogP contribution is -2.31. The molecule has 0 unspecified atom stereocenters. The maximum absolute atomic E-state index is 3.72. The van der Waals surface area contributed by atoms with Gasteiger partial charge in [-0.3, -0.25) is 0 Å². The highest BCUT2D eigenvalue weighted by molar-refractivity contribution is 4.71. The molecule has 1 heteroatoms. The van der Waals surface area contributed by atoms with Crippen molar-refractivity contribution in [1.29, 1.82) is 0 Å². The van der Waals surface area contributed by atoms with Gasteiger partial charge in [-0.1, -0.05) is 58.8 Å². The topological polar surface area (TPSA) is 12.0 Å². The molecule has 0 atom stereocenters. The van der Waals surface area contributed by atoms with Gasteiger partial charge in [0.15, 0.2) is 0 Å². The Balaban J connectivity index is 1.80. The summed E-state index contributed by atoms with van der Waals surface area (Å²) in [5, 5.41) is 3.72. The quantitative estimate of drug-likeness (QED) is 0.599. The molecule has 0 spiro atoms. The fourth-order valence-corrected chi connectivity index (χ4v) is 2.64. The summed E-state index contributed by atoms with van der Waals surface area (Å²) in [5.41, 5.74) is 0. The molecule has 0 bridgehead atoms. The van der Waals surface area contributed by atoms with Gasteiger partial charge >= 0.3 is 0 Å². The highest BCUT2D eigenvalue weighted by Crippen LogP contribution is 2.17. The minimum Gasteiger partial charge on any atom is -0.314 e. The van der Waals surface area contributed by atoms with E-state index in [4.69, 9.17) is 0 Å². The average Bonchev–Trinajstić information content (AvgIpc) is 2.29. The lowest BCUT2D eigenvalue weighted by atomic mass is 9.95. The molecule has 1 N–H and O–H groups in total. The van der Waals surface area contributed by atoms with Crippen molar-refractivity contribution in [2.45, 2.75) is 84.1 Å². The zero-order valence-corrected chi connectivity index (χ0v) is 11.4. The molecule has 0 heterocycles. The van der Waals surface area contributed by atoms with Gasteiger partial charge in [0.25, 0.3) is 0 Å². The fourth-order valence-electron chi connectivity index (χ4n) is 2.64. The summed E-state index contributed by atoms with van der Waals surface area (Å²) in [6.07, 6.45) is 14.3. The number of nitrogens with one attached hydrogen (secondary N) is 1. The van der Waals surface area contributed by atoms with Crippen molar-refractivity contribution in [3.05, 3.63) is 0 Å². The van der Waals surface area contributed by atoms with Crippen LogP contribution >= 0.6 is 0 Å². The lowest BCUT2D eigenvalue weighted by Gasteiger charge is -2.22. The summed E-state index contributed by atoms with van der Waals surface area (Å²) in [6.45, 7) is 5.90. The largest absolute Gasteiger partial charge is 0.314 e. The molecule has 16 heavy (non-hydrogen) atoms. The SMILES string of the molecule is CC(C)CCCCCCNC1CCCCC1. The van der Waals surface area contributed by atoms with Crippen LogP contribution in [0.25, 0.3) is 0 Å². The maximum Gasteiger partial charge on any atom is 0.00670 e. The van der Waals surface area contributed by atoms with Gasteiger partial charge in [-0.05, 0) is 31.7 Å². The first-order valence-electron chi connectivity index (χ1n) is 7.52. The summed E-state index contributed by atoms with van der Waals surface area (Å²) in [4.78, 5) is 0. The van der Waals surface area contributed by atoms with E-state index in [2.05, 4.69) is 19.2 Å². The van der Waals surface area contributed by atoms with E-state index in [0.29, 0.717) is 0 Å². The second-order valence-electron chi connectivity index (χ2n) is 5.89. The Morgan fingerprint density at radius 1 is 0.938 bits per heavy atom. The third-order valence-corrected chi connectivity index (χ3v) is 3.75. The molecule has 0 aromatic carbocycles. The molecule has 1 aliphatic carbocycles. The Hall–Kier alpha value is -0.0400. The van der Waals surface area contributed by atoms with E-state index in [1.165, 1.54) is 70.8 Å². The molecule has 1 rings (SSSR count). The normalized spacial score (nSPS) is 18.2. The molecule has 96 valence electrons. The minimum atomic E-state index is 0.851. The van der Waals surface area contributed by atoms with Gasteiger partial charge in [-0.2, -0.15) is 0 Å². The highest BCUT2D eigenvalue weighted by atomic mass is 14.9. The third-order valence-electron chi connectivity index (χ3n) is 3.75. The van der Waals surface area contributed by atoms with Crippen LogP contribution in [-0.4, -0.2) is 12.6 Å². The molecule has 0 aromatic heterocycles. The van der Waals surface area contributed by atoms with Crippen LogP contribution in [0.2, 0.25) is 0 Å². The van der Waals surface area contributed by atoms with E-state index in [1.807, 2.05) is 0 Å². The van der Waals surface area contributed by atoms with Gasteiger partial charge in [0, 0.05) is 6.04 Å². The van der Waals surface area contributed by atoms with Crippen molar-refractivity contribution in [3.63, 3.8) is 0 Å². The highest BCUT2D eigenvalue weighted by Gasteiger charge is 2.11. The van der Waals surface area contributed by atoms with Crippen LogP contribution in [-0.2, 0) is 0 Å². The predicted molar refractivity (Wildman–Crippen MR) is 72.8 cm³/mol. The van der Waals surface area contributed by atoms with Gasteiger partial charge in [-0.25, -0.2) is 0 Å². The molecule has 1 aliphatic rings. The molecule has 1 nitrogen and oxygen atoms in total. The minimum absolute atomic E-state index is 0.851. The van der Waals surface area contributed by atoms with Gasteiger partial charge in [0.1, 0.15) is 0 Å². The van der Waals surface area contributed by atoms with Crippen LogP contribution in [0, 0.1) is 5.92 Å². The Bertz CT molecular complexity index is 148. The van der Waals surface area contributed by atoms with E-state index in [1.54, 1.807) is 0 Å². The van der Waals surface area contributed by atoms with Gasteiger partial charge in [0.05, 0.1) is 0 Å². The Labute approximate surface area is 102 Å². The number of hydrogen-bond acceptors (Lipinski definition) is 1. The van der Waals surface area contributed by atoms with E-state index in [-0.39, 0.29) is 0 Å². The van der Waals surface area contributed by atoms with Crippen LogP contribution in [0.3, 0.4) is 0 Å². The Morgan fingerprint density at radius 3 is 2.31 bits per heavy atom. The average molecular weight is 225 g/mol. The Kier molecular flexibility index (Phi) is 7.92. The monoisotopic (exact) mass is 225 g/mol. The smallest absolute Gasteiger partial charge is 0.00670 e. The zero-order valence-electron chi connectivity index (χ0n) is 11.4. The summed E-state index contributed by atoms with van der Waals surface area (Å²) in [6, 6.07) is 0.851. The molecule has 0 amide bonds. The standard InChI is InChI=1S/C15H31N/c1-14(2)10-6-3-4-9-13-16-15-11-7-5-8-12-15/h14-16H,3-13H2,1-2H3. The number of unbranched alkanes of at least 4 members (excludes halogenated alkanes) is 3. The van der Waals surface area contributed by atoms with Gasteiger partial charge in [-0.15, -0.1) is 0 Å². The molecule has 1 saturated carbocycles. The van der Waals surface area contributed by atoms with Crippen LogP contribution < -0.4 is 5.32 Å². The van der Waals surface area contributed by atoms with E-state index in [9.17, 15) is 0 Å².